The van der Waals surface area contributed by atoms with E-state index in [1.807, 2.05) is 54.3 Å². The van der Waals surface area contributed by atoms with Gasteiger partial charge in [0.1, 0.15) is 0 Å². The molecule has 172 valence electrons. The number of rotatable bonds is 6. The molecule has 1 N–H and O–H groups in total. The van der Waals surface area contributed by atoms with Crippen molar-refractivity contribution < 1.29 is 13.2 Å². The first-order valence-corrected chi connectivity index (χ1v) is 12.9. The zero-order valence-corrected chi connectivity index (χ0v) is 19.9. The zero-order chi connectivity index (χ0) is 22.9. The van der Waals surface area contributed by atoms with E-state index in [1.165, 1.54) is 0 Å². The number of hydrogen-bond donors (Lipinski definition) is 1. The Hall–Kier alpha value is -2.22. The summed E-state index contributed by atoms with van der Waals surface area (Å²) in [6, 6.07) is 16.8. The van der Waals surface area contributed by atoms with Crippen LogP contribution in [0.25, 0.3) is 0 Å². The minimum atomic E-state index is -3.55. The molecule has 2 aliphatic heterocycles. The van der Waals surface area contributed by atoms with Crippen LogP contribution in [0.1, 0.15) is 44.2 Å². The van der Waals surface area contributed by atoms with Gasteiger partial charge in [0.2, 0.25) is 15.9 Å². The summed E-state index contributed by atoms with van der Waals surface area (Å²) >= 11 is 0. The number of nitrogens with zero attached hydrogens (tertiary/aromatic N) is 2. The lowest BCUT2D eigenvalue weighted by Crippen LogP contribution is -2.59. The average molecular weight is 456 g/mol. The number of nitrogens with one attached hydrogen (secondary N) is 1. The third kappa shape index (κ3) is 4.21. The molecule has 0 bridgehead atoms. The topological polar surface area (TPSA) is 69.7 Å². The highest BCUT2D eigenvalue weighted by Crippen LogP contribution is 2.37. The number of sulfonamides is 1. The Morgan fingerprint density at radius 1 is 1.06 bits per heavy atom. The van der Waals surface area contributed by atoms with Crippen LogP contribution in [0.3, 0.4) is 0 Å². The Bertz CT molecular complexity index is 1050. The first kappa shape index (κ1) is 23.0. The summed E-state index contributed by atoms with van der Waals surface area (Å²) in [6.45, 7) is 7.45. The standard InChI is InChI=1S/C25H33N3O3S/c1-4-20(3)23-24(29)28(18-21-8-6-5-7-9-21)25(26-23)14-16-27(17-15-25)32(30,31)22-12-10-19(2)11-13-22/h5-13,20,23,26H,4,14-18H2,1-3H3/t20-,23-/m1/s1. The summed E-state index contributed by atoms with van der Waals surface area (Å²) < 4.78 is 27.9. The normalized spacial score (nSPS) is 22.4. The number of benzene rings is 2. The van der Waals surface area contributed by atoms with E-state index >= 15 is 0 Å². The molecule has 0 aromatic heterocycles. The summed E-state index contributed by atoms with van der Waals surface area (Å²) in [7, 11) is -3.55. The summed E-state index contributed by atoms with van der Waals surface area (Å²) in [6.07, 6.45) is 2.06. The SMILES string of the molecule is CC[C@@H](C)[C@H]1NC2(CCN(S(=O)(=O)c3ccc(C)cc3)CC2)N(Cc2ccccc2)C1=O. The summed E-state index contributed by atoms with van der Waals surface area (Å²) in [5, 5.41) is 3.65. The number of carbonyl (C=O) groups is 1. The van der Waals surface area contributed by atoms with Gasteiger partial charge in [0, 0.05) is 19.6 Å². The molecule has 0 radical (unpaired) electrons. The number of carbonyl (C=O) groups excluding carboxylic acids is 1. The fourth-order valence-corrected chi connectivity index (χ4v) is 6.24. The molecule has 4 rings (SSSR count). The average Bonchev–Trinajstić information content (AvgIpc) is 3.06. The van der Waals surface area contributed by atoms with Crippen LogP contribution in [0.5, 0.6) is 0 Å². The van der Waals surface area contributed by atoms with Crippen molar-refractivity contribution in [1.82, 2.24) is 14.5 Å². The zero-order valence-electron chi connectivity index (χ0n) is 19.1. The molecule has 2 fully saturated rings. The van der Waals surface area contributed by atoms with Crippen molar-refractivity contribution in [2.75, 3.05) is 13.1 Å². The van der Waals surface area contributed by atoms with Gasteiger partial charge in [0.05, 0.1) is 16.6 Å². The van der Waals surface area contributed by atoms with Crippen molar-refractivity contribution in [1.29, 1.82) is 0 Å². The largest absolute Gasteiger partial charge is 0.319 e. The summed E-state index contributed by atoms with van der Waals surface area (Å²) in [4.78, 5) is 15.7. The van der Waals surface area contributed by atoms with Gasteiger partial charge in [0.25, 0.3) is 0 Å². The van der Waals surface area contributed by atoms with Crippen LogP contribution in [0.4, 0.5) is 0 Å². The molecule has 2 aromatic rings. The molecule has 0 aliphatic carbocycles. The van der Waals surface area contributed by atoms with Gasteiger partial charge in [0.15, 0.2) is 0 Å². The van der Waals surface area contributed by atoms with E-state index in [0.29, 0.717) is 37.4 Å². The Balaban J connectivity index is 1.57. The first-order chi connectivity index (χ1) is 15.3. The van der Waals surface area contributed by atoms with E-state index in [4.69, 9.17) is 0 Å². The maximum absolute atomic E-state index is 13.4. The predicted molar refractivity (Wildman–Crippen MR) is 125 cm³/mol. The van der Waals surface area contributed by atoms with Crippen molar-refractivity contribution >= 4 is 15.9 Å². The van der Waals surface area contributed by atoms with Gasteiger partial charge in [-0.05, 0) is 43.4 Å². The van der Waals surface area contributed by atoms with Gasteiger partial charge in [-0.2, -0.15) is 4.31 Å². The molecular formula is C25H33N3O3S. The second kappa shape index (κ2) is 8.96. The lowest BCUT2D eigenvalue weighted by Gasteiger charge is -2.44. The van der Waals surface area contributed by atoms with Crippen LogP contribution in [-0.2, 0) is 21.4 Å². The van der Waals surface area contributed by atoms with Crippen molar-refractivity contribution in [3.05, 3.63) is 65.7 Å². The van der Waals surface area contributed by atoms with Crippen LogP contribution in [-0.4, -0.2) is 48.3 Å². The third-order valence-corrected chi connectivity index (χ3v) is 8.99. The van der Waals surface area contributed by atoms with Crippen LogP contribution < -0.4 is 5.32 Å². The summed E-state index contributed by atoms with van der Waals surface area (Å²) in [5.74, 6) is 0.340. The maximum atomic E-state index is 13.4. The highest BCUT2D eigenvalue weighted by Gasteiger charge is 2.53. The minimum Gasteiger partial charge on any atom is -0.319 e. The predicted octanol–water partition coefficient (Wildman–Crippen LogP) is 3.52. The molecule has 2 aromatic carbocycles. The monoisotopic (exact) mass is 455 g/mol. The van der Waals surface area contributed by atoms with Gasteiger partial charge >= 0.3 is 0 Å². The smallest absolute Gasteiger partial charge is 0.243 e. The molecule has 6 nitrogen and oxygen atoms in total. The van der Waals surface area contributed by atoms with E-state index in [0.717, 1.165) is 17.5 Å². The molecule has 1 amide bonds. The van der Waals surface area contributed by atoms with E-state index in [1.54, 1.807) is 16.4 Å². The first-order valence-electron chi connectivity index (χ1n) is 11.5. The molecule has 2 atom stereocenters. The molecule has 0 unspecified atom stereocenters. The quantitative estimate of drug-likeness (QED) is 0.724. The number of amides is 1. The number of piperidine rings is 1. The van der Waals surface area contributed by atoms with Crippen LogP contribution in [0, 0.1) is 12.8 Å². The molecular weight excluding hydrogens is 422 g/mol. The number of hydrogen-bond acceptors (Lipinski definition) is 4. The van der Waals surface area contributed by atoms with E-state index in [-0.39, 0.29) is 17.9 Å². The van der Waals surface area contributed by atoms with Crippen molar-refractivity contribution in [3.63, 3.8) is 0 Å². The van der Waals surface area contributed by atoms with Crippen LogP contribution in [0.15, 0.2) is 59.5 Å². The second-order valence-electron chi connectivity index (χ2n) is 9.17. The van der Waals surface area contributed by atoms with Gasteiger partial charge in [-0.15, -0.1) is 0 Å². The lowest BCUT2D eigenvalue weighted by atomic mass is 9.96. The van der Waals surface area contributed by atoms with Crippen LogP contribution in [0.2, 0.25) is 0 Å². The van der Waals surface area contributed by atoms with E-state index < -0.39 is 15.7 Å². The van der Waals surface area contributed by atoms with Crippen molar-refractivity contribution in [2.45, 2.75) is 63.2 Å². The number of aryl methyl sites for hydroxylation is 1. The van der Waals surface area contributed by atoms with Crippen molar-refractivity contribution in [3.8, 4) is 0 Å². The van der Waals surface area contributed by atoms with E-state index in [9.17, 15) is 13.2 Å². The highest BCUT2D eigenvalue weighted by molar-refractivity contribution is 7.89. The molecule has 2 saturated heterocycles. The Kier molecular flexibility index (Phi) is 6.43. The molecule has 32 heavy (non-hydrogen) atoms. The minimum absolute atomic E-state index is 0.123. The van der Waals surface area contributed by atoms with E-state index in [2.05, 4.69) is 19.2 Å². The summed E-state index contributed by atoms with van der Waals surface area (Å²) in [5.41, 5.74) is 1.60. The lowest BCUT2D eigenvalue weighted by molar-refractivity contribution is -0.134. The Labute approximate surface area is 191 Å². The molecule has 0 saturated carbocycles. The fourth-order valence-electron chi connectivity index (χ4n) is 4.79. The fraction of sp³-hybridized carbons (Fsp3) is 0.480. The highest BCUT2D eigenvalue weighted by atomic mass is 32.2. The van der Waals surface area contributed by atoms with Gasteiger partial charge in [-0.25, -0.2) is 8.42 Å². The maximum Gasteiger partial charge on any atom is 0.243 e. The van der Waals surface area contributed by atoms with Gasteiger partial charge < -0.3 is 4.90 Å². The molecule has 1 spiro atoms. The third-order valence-electron chi connectivity index (χ3n) is 7.08. The molecule has 2 heterocycles. The second-order valence-corrected chi connectivity index (χ2v) is 11.1. The van der Waals surface area contributed by atoms with Crippen LogP contribution >= 0.6 is 0 Å². The van der Waals surface area contributed by atoms with Gasteiger partial charge in [-0.3, -0.25) is 10.1 Å². The Morgan fingerprint density at radius 3 is 2.28 bits per heavy atom. The molecule has 2 aliphatic rings. The molecule has 7 heteroatoms. The van der Waals surface area contributed by atoms with Gasteiger partial charge in [-0.1, -0.05) is 68.3 Å². The Morgan fingerprint density at radius 2 is 1.69 bits per heavy atom. The van der Waals surface area contributed by atoms with Crippen molar-refractivity contribution in [2.24, 2.45) is 5.92 Å².